The summed E-state index contributed by atoms with van der Waals surface area (Å²) in [5.74, 6) is 1.59. The van der Waals surface area contributed by atoms with E-state index in [0.717, 1.165) is 11.1 Å². The molecular formula is C16H13ClN2O2. The first-order chi connectivity index (χ1) is 10.2. The van der Waals surface area contributed by atoms with Crippen LogP contribution >= 0.6 is 11.6 Å². The average Bonchev–Trinajstić information content (AvgIpc) is 2.94. The molecule has 0 fully saturated rings. The average molecular weight is 301 g/mol. The van der Waals surface area contributed by atoms with E-state index in [0.29, 0.717) is 22.6 Å². The molecule has 0 unspecified atom stereocenters. The predicted octanol–water partition coefficient (Wildman–Crippen LogP) is 4.28. The lowest BCUT2D eigenvalue weighted by molar-refractivity contribution is 0.264. The molecule has 1 aromatic heterocycles. The van der Waals surface area contributed by atoms with Crippen molar-refractivity contribution in [2.45, 2.75) is 13.5 Å². The maximum atomic E-state index is 5.90. The fraction of sp³-hybridized carbons (Fsp3) is 0.125. The molecule has 0 saturated heterocycles. The molecule has 0 aliphatic heterocycles. The van der Waals surface area contributed by atoms with E-state index in [1.807, 2.05) is 43.3 Å². The first-order valence-electron chi connectivity index (χ1n) is 6.49. The van der Waals surface area contributed by atoms with E-state index < -0.39 is 0 Å². The first-order valence-corrected chi connectivity index (χ1v) is 6.87. The Morgan fingerprint density at radius 1 is 1.10 bits per heavy atom. The summed E-state index contributed by atoms with van der Waals surface area (Å²) >= 11 is 5.90. The number of hydrogen-bond acceptors (Lipinski definition) is 4. The molecule has 0 radical (unpaired) electrons. The lowest BCUT2D eigenvalue weighted by Crippen LogP contribution is -1.95. The topological polar surface area (TPSA) is 48.2 Å². The summed E-state index contributed by atoms with van der Waals surface area (Å²) in [6, 6.07) is 15.0. The molecule has 3 aromatic rings. The van der Waals surface area contributed by atoms with Gasteiger partial charge in [-0.3, -0.25) is 0 Å². The molecule has 0 atom stereocenters. The highest BCUT2D eigenvalue weighted by atomic mass is 35.5. The molecule has 0 amide bonds. The van der Waals surface area contributed by atoms with Crippen molar-refractivity contribution >= 4 is 11.6 Å². The largest absolute Gasteiger partial charge is 0.484 e. The first kappa shape index (κ1) is 13.6. The molecule has 106 valence electrons. The third kappa shape index (κ3) is 3.23. The minimum Gasteiger partial charge on any atom is -0.484 e. The lowest BCUT2D eigenvalue weighted by Gasteiger charge is -2.03. The van der Waals surface area contributed by atoms with Gasteiger partial charge < -0.3 is 9.15 Å². The highest BCUT2D eigenvalue weighted by molar-refractivity contribution is 6.30. The minimum absolute atomic E-state index is 0.208. The highest BCUT2D eigenvalue weighted by Crippen LogP contribution is 2.22. The van der Waals surface area contributed by atoms with Crippen molar-refractivity contribution in [1.82, 2.24) is 10.2 Å². The molecule has 0 aliphatic rings. The summed E-state index contributed by atoms with van der Waals surface area (Å²) in [6.07, 6.45) is 0. The Bertz CT molecular complexity index is 755. The SMILES string of the molecule is Cc1ccccc1-c1nnc(COc2cccc(Cl)c2)o1. The van der Waals surface area contributed by atoms with Gasteiger partial charge in [-0.05, 0) is 36.8 Å². The summed E-state index contributed by atoms with van der Waals surface area (Å²) in [5, 5.41) is 8.67. The standard InChI is InChI=1S/C16H13ClN2O2/c1-11-5-2-3-8-14(11)16-19-18-15(21-16)10-20-13-7-4-6-12(17)9-13/h2-9H,10H2,1H3. The van der Waals surface area contributed by atoms with Gasteiger partial charge in [-0.25, -0.2) is 0 Å². The van der Waals surface area contributed by atoms with Crippen molar-refractivity contribution in [3.8, 4) is 17.2 Å². The van der Waals surface area contributed by atoms with Gasteiger partial charge in [0, 0.05) is 10.6 Å². The van der Waals surface area contributed by atoms with Crippen molar-refractivity contribution in [2.75, 3.05) is 0 Å². The number of benzene rings is 2. The van der Waals surface area contributed by atoms with Crippen molar-refractivity contribution in [1.29, 1.82) is 0 Å². The van der Waals surface area contributed by atoms with Crippen LogP contribution in [-0.4, -0.2) is 10.2 Å². The Labute approximate surface area is 127 Å². The van der Waals surface area contributed by atoms with Crippen molar-refractivity contribution in [2.24, 2.45) is 0 Å². The molecule has 0 spiro atoms. The van der Waals surface area contributed by atoms with E-state index in [1.165, 1.54) is 0 Å². The van der Waals surface area contributed by atoms with Crippen LogP contribution in [0.1, 0.15) is 11.5 Å². The fourth-order valence-corrected chi connectivity index (χ4v) is 2.12. The van der Waals surface area contributed by atoms with Crippen molar-refractivity contribution in [3.05, 3.63) is 65.0 Å². The van der Waals surface area contributed by atoms with E-state index in [1.54, 1.807) is 12.1 Å². The Morgan fingerprint density at radius 2 is 1.95 bits per heavy atom. The Kier molecular flexibility index (Phi) is 3.88. The highest BCUT2D eigenvalue weighted by Gasteiger charge is 2.10. The van der Waals surface area contributed by atoms with Crippen LogP contribution in [-0.2, 0) is 6.61 Å². The zero-order valence-corrected chi connectivity index (χ0v) is 12.2. The Hall–Kier alpha value is -2.33. The zero-order chi connectivity index (χ0) is 14.7. The van der Waals surface area contributed by atoms with Crippen LogP contribution in [0.2, 0.25) is 5.02 Å². The van der Waals surface area contributed by atoms with E-state index in [4.69, 9.17) is 20.8 Å². The third-order valence-corrected chi connectivity index (χ3v) is 3.24. The van der Waals surface area contributed by atoms with Gasteiger partial charge in [-0.2, -0.15) is 0 Å². The molecule has 3 rings (SSSR count). The van der Waals surface area contributed by atoms with Crippen LogP contribution < -0.4 is 4.74 Å². The van der Waals surface area contributed by atoms with Crippen LogP contribution in [0.15, 0.2) is 52.9 Å². The fourth-order valence-electron chi connectivity index (χ4n) is 1.94. The van der Waals surface area contributed by atoms with Crippen LogP contribution in [0.3, 0.4) is 0 Å². The number of aryl methyl sites for hydroxylation is 1. The van der Waals surface area contributed by atoms with Crippen LogP contribution in [0, 0.1) is 6.92 Å². The number of rotatable bonds is 4. The molecule has 2 aromatic carbocycles. The van der Waals surface area contributed by atoms with Gasteiger partial charge in [-0.1, -0.05) is 35.9 Å². The predicted molar refractivity (Wildman–Crippen MR) is 80.3 cm³/mol. The zero-order valence-electron chi connectivity index (χ0n) is 11.4. The normalized spacial score (nSPS) is 10.6. The Morgan fingerprint density at radius 3 is 2.76 bits per heavy atom. The number of aromatic nitrogens is 2. The van der Waals surface area contributed by atoms with Crippen LogP contribution in [0.4, 0.5) is 0 Å². The minimum atomic E-state index is 0.208. The van der Waals surface area contributed by atoms with Gasteiger partial charge >= 0.3 is 0 Å². The van der Waals surface area contributed by atoms with Gasteiger partial charge in [0.25, 0.3) is 5.89 Å². The molecule has 21 heavy (non-hydrogen) atoms. The number of nitrogens with zero attached hydrogens (tertiary/aromatic N) is 2. The summed E-state index contributed by atoms with van der Waals surface area (Å²) in [4.78, 5) is 0. The van der Waals surface area contributed by atoms with Gasteiger partial charge in [0.05, 0.1) is 0 Å². The lowest BCUT2D eigenvalue weighted by atomic mass is 10.1. The molecule has 0 bridgehead atoms. The van der Waals surface area contributed by atoms with Crippen molar-refractivity contribution < 1.29 is 9.15 Å². The molecule has 0 N–H and O–H groups in total. The van der Waals surface area contributed by atoms with Crippen molar-refractivity contribution in [3.63, 3.8) is 0 Å². The second kappa shape index (κ2) is 5.97. The number of ether oxygens (including phenoxy) is 1. The quantitative estimate of drug-likeness (QED) is 0.721. The van der Waals surface area contributed by atoms with Gasteiger partial charge in [-0.15, -0.1) is 10.2 Å². The summed E-state index contributed by atoms with van der Waals surface area (Å²) < 4.78 is 11.2. The molecule has 0 saturated carbocycles. The molecule has 1 heterocycles. The molecular weight excluding hydrogens is 288 g/mol. The van der Waals surface area contributed by atoms with Gasteiger partial charge in [0.15, 0.2) is 6.61 Å². The van der Waals surface area contributed by atoms with Gasteiger partial charge in [0.1, 0.15) is 5.75 Å². The van der Waals surface area contributed by atoms with E-state index in [2.05, 4.69) is 10.2 Å². The number of halogens is 1. The smallest absolute Gasteiger partial charge is 0.254 e. The third-order valence-electron chi connectivity index (χ3n) is 3.00. The van der Waals surface area contributed by atoms with E-state index in [9.17, 15) is 0 Å². The summed E-state index contributed by atoms with van der Waals surface area (Å²) in [5.41, 5.74) is 2.02. The summed E-state index contributed by atoms with van der Waals surface area (Å²) in [7, 11) is 0. The van der Waals surface area contributed by atoms with Gasteiger partial charge in [0.2, 0.25) is 5.89 Å². The second-order valence-electron chi connectivity index (χ2n) is 4.56. The van der Waals surface area contributed by atoms with E-state index >= 15 is 0 Å². The maximum Gasteiger partial charge on any atom is 0.254 e. The number of hydrogen-bond donors (Lipinski definition) is 0. The van der Waals surface area contributed by atoms with Crippen LogP contribution in [0.25, 0.3) is 11.5 Å². The monoisotopic (exact) mass is 300 g/mol. The molecule has 0 aliphatic carbocycles. The maximum absolute atomic E-state index is 5.90. The Balaban J connectivity index is 1.72. The summed E-state index contributed by atoms with van der Waals surface area (Å²) in [6.45, 7) is 2.21. The van der Waals surface area contributed by atoms with Crippen LogP contribution in [0.5, 0.6) is 5.75 Å². The molecule has 5 heteroatoms. The van der Waals surface area contributed by atoms with E-state index in [-0.39, 0.29) is 6.61 Å². The molecule has 4 nitrogen and oxygen atoms in total. The second-order valence-corrected chi connectivity index (χ2v) is 5.00.